The van der Waals surface area contributed by atoms with E-state index >= 15 is 0 Å². The summed E-state index contributed by atoms with van der Waals surface area (Å²) in [5, 5.41) is 25.2. The zero-order valence-corrected chi connectivity index (χ0v) is 16.2. The molecule has 1 saturated heterocycles. The number of hydrogen-bond donors (Lipinski definition) is 4. The van der Waals surface area contributed by atoms with Crippen LogP contribution in [0.15, 0.2) is 30.3 Å². The first-order chi connectivity index (χ1) is 12.9. The summed E-state index contributed by atoms with van der Waals surface area (Å²) in [4.78, 5) is 11.1. The van der Waals surface area contributed by atoms with Crippen molar-refractivity contribution in [3.63, 3.8) is 0 Å². The zero-order chi connectivity index (χ0) is 19.7. The van der Waals surface area contributed by atoms with Crippen molar-refractivity contribution >= 4 is 6.09 Å². The first-order valence-electron chi connectivity index (χ1n) is 9.58. The molecular weight excluding hydrogens is 348 g/mol. The van der Waals surface area contributed by atoms with Crippen molar-refractivity contribution < 1.29 is 24.5 Å². The Bertz CT molecular complexity index is 563. The second kappa shape index (κ2) is 10.6. The highest BCUT2D eigenvalue weighted by Crippen LogP contribution is 2.25. The molecule has 1 aliphatic heterocycles. The van der Waals surface area contributed by atoms with Crippen LogP contribution in [0.4, 0.5) is 4.79 Å². The molecule has 152 valence electrons. The van der Waals surface area contributed by atoms with Crippen LogP contribution in [0.1, 0.15) is 32.3 Å². The minimum atomic E-state index is -1.13. The molecule has 1 aromatic carbocycles. The van der Waals surface area contributed by atoms with Gasteiger partial charge in [0.05, 0.1) is 25.4 Å². The number of rotatable bonds is 11. The minimum Gasteiger partial charge on any atom is -0.465 e. The highest BCUT2D eigenvalue weighted by molar-refractivity contribution is 5.65. The van der Waals surface area contributed by atoms with Gasteiger partial charge >= 0.3 is 6.09 Å². The molecule has 1 aliphatic rings. The van der Waals surface area contributed by atoms with E-state index in [1.807, 2.05) is 37.3 Å². The Hall–Kier alpha value is -1.67. The Balaban J connectivity index is 1.73. The molecule has 0 aromatic heterocycles. The van der Waals surface area contributed by atoms with Crippen LogP contribution in [0.5, 0.6) is 0 Å². The van der Waals surface area contributed by atoms with E-state index in [4.69, 9.17) is 14.6 Å². The van der Waals surface area contributed by atoms with Crippen LogP contribution in [0.25, 0.3) is 0 Å². The molecule has 1 unspecified atom stereocenters. The molecule has 7 nitrogen and oxygen atoms in total. The Morgan fingerprint density at radius 1 is 1.22 bits per heavy atom. The van der Waals surface area contributed by atoms with Crippen molar-refractivity contribution in [2.75, 3.05) is 26.3 Å². The predicted molar refractivity (Wildman–Crippen MR) is 103 cm³/mol. The van der Waals surface area contributed by atoms with Crippen LogP contribution in [-0.4, -0.2) is 60.5 Å². The second-order valence-corrected chi connectivity index (χ2v) is 7.45. The van der Waals surface area contributed by atoms with Crippen LogP contribution in [0.2, 0.25) is 0 Å². The van der Waals surface area contributed by atoms with Crippen molar-refractivity contribution in [1.29, 1.82) is 0 Å². The van der Waals surface area contributed by atoms with Gasteiger partial charge in [-0.3, -0.25) is 0 Å². The van der Waals surface area contributed by atoms with Gasteiger partial charge in [0.2, 0.25) is 0 Å². The summed E-state index contributed by atoms with van der Waals surface area (Å²) in [6, 6.07) is 8.99. The van der Waals surface area contributed by atoms with Crippen LogP contribution in [0, 0.1) is 5.92 Å². The summed E-state index contributed by atoms with van der Waals surface area (Å²) in [6.45, 7) is 6.46. The van der Waals surface area contributed by atoms with Crippen molar-refractivity contribution in [2.45, 2.75) is 51.0 Å². The third-order valence-electron chi connectivity index (χ3n) is 4.91. The fraction of sp³-hybridized carbons (Fsp3) is 0.650. The van der Waals surface area contributed by atoms with Crippen LogP contribution in [0.3, 0.4) is 0 Å². The lowest BCUT2D eigenvalue weighted by Crippen LogP contribution is -2.48. The largest absolute Gasteiger partial charge is 0.465 e. The Morgan fingerprint density at radius 2 is 1.89 bits per heavy atom. The molecule has 1 fully saturated rings. The molecule has 7 heteroatoms. The highest BCUT2D eigenvalue weighted by Gasteiger charge is 2.30. The molecule has 0 radical (unpaired) electrons. The van der Waals surface area contributed by atoms with Crippen molar-refractivity contribution in [2.24, 2.45) is 5.92 Å². The van der Waals surface area contributed by atoms with Crippen LogP contribution < -0.4 is 10.6 Å². The number of aliphatic hydroxyl groups is 1. The van der Waals surface area contributed by atoms with Gasteiger partial charge in [-0.15, -0.1) is 0 Å². The van der Waals surface area contributed by atoms with Crippen molar-refractivity contribution in [3.05, 3.63) is 35.9 Å². The molecule has 2 rings (SSSR count). The van der Waals surface area contributed by atoms with Gasteiger partial charge < -0.3 is 30.3 Å². The van der Waals surface area contributed by atoms with Gasteiger partial charge in [-0.05, 0) is 37.8 Å². The average Bonchev–Trinajstić information content (AvgIpc) is 3.07. The number of carbonyl (C=O) groups is 1. The molecule has 3 atom stereocenters. The van der Waals surface area contributed by atoms with Gasteiger partial charge in [0.15, 0.2) is 5.79 Å². The summed E-state index contributed by atoms with van der Waals surface area (Å²) < 4.78 is 11.2. The van der Waals surface area contributed by atoms with E-state index < -0.39 is 24.0 Å². The number of nitrogens with one attached hydrogen (secondary N) is 2. The Kier molecular flexibility index (Phi) is 8.50. The van der Waals surface area contributed by atoms with Crippen LogP contribution >= 0.6 is 0 Å². The second-order valence-electron chi connectivity index (χ2n) is 7.45. The van der Waals surface area contributed by atoms with Crippen LogP contribution in [-0.2, 0) is 15.9 Å². The lowest BCUT2D eigenvalue weighted by atomic mass is 10.00. The average molecular weight is 380 g/mol. The van der Waals surface area contributed by atoms with Gasteiger partial charge in [-0.25, -0.2) is 4.79 Å². The van der Waals surface area contributed by atoms with E-state index in [2.05, 4.69) is 17.6 Å². The van der Waals surface area contributed by atoms with Gasteiger partial charge in [0, 0.05) is 13.0 Å². The fourth-order valence-corrected chi connectivity index (χ4v) is 3.24. The van der Waals surface area contributed by atoms with E-state index in [1.165, 1.54) is 0 Å². The maximum atomic E-state index is 11.1. The topological polar surface area (TPSA) is 100 Å². The summed E-state index contributed by atoms with van der Waals surface area (Å²) in [5.41, 5.74) is 0.980. The van der Waals surface area contributed by atoms with Crippen molar-refractivity contribution in [1.82, 2.24) is 10.6 Å². The monoisotopic (exact) mass is 380 g/mol. The van der Waals surface area contributed by atoms with Gasteiger partial charge in [-0.1, -0.05) is 37.3 Å². The van der Waals surface area contributed by atoms with E-state index in [9.17, 15) is 9.90 Å². The summed E-state index contributed by atoms with van der Waals surface area (Å²) in [7, 11) is 0. The maximum absolute atomic E-state index is 11.1. The predicted octanol–water partition coefficient (Wildman–Crippen LogP) is 2.00. The maximum Gasteiger partial charge on any atom is 0.404 e. The Labute approximate surface area is 161 Å². The zero-order valence-electron chi connectivity index (χ0n) is 16.2. The highest BCUT2D eigenvalue weighted by atomic mass is 16.7. The number of carboxylic acid groups (broad SMARTS) is 1. The third kappa shape index (κ3) is 7.84. The molecule has 0 aliphatic carbocycles. The minimum absolute atomic E-state index is 0.326. The molecular formula is C20H32N2O5. The number of benzene rings is 1. The summed E-state index contributed by atoms with van der Waals surface area (Å²) in [5.74, 6) is -0.0817. The lowest BCUT2D eigenvalue weighted by Gasteiger charge is -2.25. The number of amides is 1. The fourth-order valence-electron chi connectivity index (χ4n) is 3.24. The first-order valence-corrected chi connectivity index (χ1v) is 9.58. The normalized spacial score (nSPS) is 19.4. The number of ether oxygens (including phenoxy) is 2. The molecule has 27 heavy (non-hydrogen) atoms. The number of hydrogen-bond acceptors (Lipinski definition) is 5. The lowest BCUT2D eigenvalue weighted by molar-refractivity contribution is -0.148. The first kappa shape index (κ1) is 21.6. The quantitative estimate of drug-likeness (QED) is 0.469. The molecule has 0 spiro atoms. The summed E-state index contributed by atoms with van der Waals surface area (Å²) >= 11 is 0. The molecule has 4 N–H and O–H groups in total. The molecule has 1 heterocycles. The van der Waals surface area contributed by atoms with E-state index in [0.717, 1.165) is 24.9 Å². The van der Waals surface area contributed by atoms with Gasteiger partial charge in [-0.2, -0.15) is 0 Å². The molecule has 0 bridgehead atoms. The molecule has 0 saturated carbocycles. The molecule has 1 aromatic rings. The third-order valence-corrected chi connectivity index (χ3v) is 4.91. The van der Waals surface area contributed by atoms with E-state index in [1.54, 1.807) is 0 Å². The van der Waals surface area contributed by atoms with Crippen molar-refractivity contribution in [3.8, 4) is 0 Å². The smallest absolute Gasteiger partial charge is 0.404 e. The molecule has 1 amide bonds. The number of aliphatic hydroxyl groups excluding tert-OH is 1. The standard InChI is InChI=1S/C20H32N2O5/c1-15(8-9-20(2)26-10-11-27-20)13-21-14-18(23)17(22-19(24)25)12-16-6-4-3-5-7-16/h3-7,15,17-18,21-23H,8-14H2,1-2H3,(H,24,25)/t15?,17-,18-/m0/s1. The summed E-state index contributed by atoms with van der Waals surface area (Å²) in [6.07, 6.45) is 0.273. The van der Waals surface area contributed by atoms with E-state index in [0.29, 0.717) is 32.1 Å². The van der Waals surface area contributed by atoms with E-state index in [-0.39, 0.29) is 0 Å². The Morgan fingerprint density at radius 3 is 2.52 bits per heavy atom. The van der Waals surface area contributed by atoms with Gasteiger partial charge in [0.1, 0.15) is 0 Å². The SMILES string of the molecule is CC(CCC1(C)OCCO1)CNC[C@H](O)[C@H](Cc1ccccc1)NC(=O)O. The van der Waals surface area contributed by atoms with Gasteiger partial charge in [0.25, 0.3) is 0 Å².